The number of aromatic nitrogens is 4. The van der Waals surface area contributed by atoms with E-state index in [1.54, 1.807) is 18.9 Å². The molecule has 0 aliphatic carbocycles. The molecule has 2 aromatic heterocycles. The molecule has 7 nitrogen and oxygen atoms in total. The van der Waals surface area contributed by atoms with Crippen molar-refractivity contribution in [1.29, 1.82) is 0 Å². The molecule has 1 amide bonds. The Labute approximate surface area is 173 Å². The molecule has 30 heavy (non-hydrogen) atoms. The van der Waals surface area contributed by atoms with Crippen molar-refractivity contribution in [3.63, 3.8) is 0 Å². The summed E-state index contributed by atoms with van der Waals surface area (Å²) in [6, 6.07) is 15.6. The monoisotopic (exact) mass is 399 g/mol. The van der Waals surface area contributed by atoms with E-state index in [2.05, 4.69) is 14.5 Å². The summed E-state index contributed by atoms with van der Waals surface area (Å²) in [7, 11) is 1.70. The molecule has 5 rings (SSSR count). The summed E-state index contributed by atoms with van der Waals surface area (Å²) >= 11 is 0. The van der Waals surface area contributed by atoms with Crippen LogP contribution in [0, 0.1) is 13.8 Å². The molecular weight excluding hydrogens is 378 g/mol. The van der Waals surface area contributed by atoms with E-state index in [0.29, 0.717) is 29.2 Å². The molecular formula is C23H21N5O2. The van der Waals surface area contributed by atoms with Crippen molar-refractivity contribution in [1.82, 2.24) is 24.0 Å². The van der Waals surface area contributed by atoms with E-state index in [9.17, 15) is 9.59 Å². The zero-order valence-electron chi connectivity index (χ0n) is 17.1. The third kappa shape index (κ3) is 2.74. The van der Waals surface area contributed by atoms with Gasteiger partial charge in [-0.1, -0.05) is 18.2 Å². The number of aryl methyl sites for hydroxylation is 2. The number of para-hydroxylation sites is 1. The summed E-state index contributed by atoms with van der Waals surface area (Å²) in [6.07, 6.45) is 0. The van der Waals surface area contributed by atoms with Crippen LogP contribution in [-0.2, 0) is 20.1 Å². The molecule has 2 aromatic carbocycles. The minimum Gasteiger partial charge on any atom is -0.328 e. The highest BCUT2D eigenvalue weighted by molar-refractivity contribution is 5.98. The Balaban J connectivity index is 1.49. The second kappa shape index (κ2) is 6.66. The molecule has 150 valence electrons. The topological polar surface area (TPSA) is 73.0 Å². The summed E-state index contributed by atoms with van der Waals surface area (Å²) < 4.78 is 3.60. The molecule has 0 saturated carbocycles. The van der Waals surface area contributed by atoms with Gasteiger partial charge in [-0.3, -0.25) is 18.7 Å². The van der Waals surface area contributed by atoms with Crippen molar-refractivity contribution < 1.29 is 4.79 Å². The minimum atomic E-state index is -0.124. The highest BCUT2D eigenvalue weighted by Crippen LogP contribution is 2.25. The van der Waals surface area contributed by atoms with Crippen molar-refractivity contribution >= 4 is 16.9 Å². The van der Waals surface area contributed by atoms with Crippen LogP contribution in [0.5, 0.6) is 0 Å². The summed E-state index contributed by atoms with van der Waals surface area (Å²) in [5.41, 5.74) is 4.51. The zero-order valence-corrected chi connectivity index (χ0v) is 17.1. The maximum Gasteiger partial charge on any atom is 0.258 e. The van der Waals surface area contributed by atoms with Gasteiger partial charge in [0.05, 0.1) is 35.4 Å². The maximum absolute atomic E-state index is 13.2. The molecule has 0 bridgehead atoms. The number of benzene rings is 2. The van der Waals surface area contributed by atoms with Gasteiger partial charge in [0.25, 0.3) is 11.5 Å². The van der Waals surface area contributed by atoms with E-state index in [-0.39, 0.29) is 18.0 Å². The van der Waals surface area contributed by atoms with Crippen molar-refractivity contribution in [2.45, 2.75) is 26.9 Å². The molecule has 0 fully saturated rings. The Morgan fingerprint density at radius 2 is 1.73 bits per heavy atom. The number of fused-ring (bicyclic) bond motifs is 2. The third-order valence-corrected chi connectivity index (χ3v) is 5.75. The molecule has 0 atom stereocenters. The van der Waals surface area contributed by atoms with Crippen LogP contribution in [0.2, 0.25) is 0 Å². The van der Waals surface area contributed by atoms with Gasteiger partial charge < -0.3 is 4.90 Å². The van der Waals surface area contributed by atoms with Crippen LogP contribution < -0.4 is 5.56 Å². The molecule has 0 saturated heterocycles. The zero-order chi connectivity index (χ0) is 21.0. The lowest BCUT2D eigenvalue weighted by Gasteiger charge is -2.15. The van der Waals surface area contributed by atoms with Gasteiger partial charge in [-0.05, 0) is 44.2 Å². The number of nitrogens with zero attached hydrogens (tertiary/aromatic N) is 5. The lowest BCUT2D eigenvalue weighted by atomic mass is 10.1. The first-order valence-corrected chi connectivity index (χ1v) is 9.83. The van der Waals surface area contributed by atoms with E-state index in [1.165, 1.54) is 4.57 Å². The molecule has 7 heteroatoms. The van der Waals surface area contributed by atoms with Crippen molar-refractivity contribution in [3.8, 4) is 5.69 Å². The lowest BCUT2D eigenvalue weighted by molar-refractivity contribution is 0.0750. The summed E-state index contributed by atoms with van der Waals surface area (Å²) in [6.45, 7) is 4.38. The van der Waals surface area contributed by atoms with Crippen molar-refractivity contribution in [2.24, 2.45) is 7.05 Å². The molecule has 0 radical (unpaired) electrons. The minimum absolute atomic E-state index is 0.0829. The van der Waals surface area contributed by atoms with Gasteiger partial charge in [-0.25, -0.2) is 9.97 Å². The fraction of sp³-hybridized carbons (Fsp3) is 0.217. The number of carbonyl (C=O) groups is 1. The van der Waals surface area contributed by atoms with Gasteiger partial charge in [0, 0.05) is 18.3 Å². The summed E-state index contributed by atoms with van der Waals surface area (Å²) in [4.78, 5) is 36.5. The Bertz CT molecular complexity index is 1370. The van der Waals surface area contributed by atoms with Crippen LogP contribution >= 0.6 is 0 Å². The van der Waals surface area contributed by atoms with E-state index in [0.717, 1.165) is 22.5 Å². The quantitative estimate of drug-likeness (QED) is 0.520. The van der Waals surface area contributed by atoms with Crippen LogP contribution in [0.15, 0.2) is 53.3 Å². The second-order valence-corrected chi connectivity index (χ2v) is 7.64. The average molecular weight is 399 g/mol. The molecule has 0 N–H and O–H groups in total. The number of hydrogen-bond donors (Lipinski definition) is 0. The van der Waals surface area contributed by atoms with Gasteiger partial charge in [-0.15, -0.1) is 0 Å². The smallest absolute Gasteiger partial charge is 0.258 e. The average Bonchev–Trinajstić information content (AvgIpc) is 3.32. The Kier molecular flexibility index (Phi) is 4.06. The lowest BCUT2D eigenvalue weighted by Crippen LogP contribution is -2.27. The largest absolute Gasteiger partial charge is 0.328 e. The number of rotatable bonds is 2. The Hall–Kier alpha value is -3.74. The number of imidazole rings is 1. The van der Waals surface area contributed by atoms with Crippen LogP contribution in [-0.4, -0.2) is 29.9 Å². The van der Waals surface area contributed by atoms with Gasteiger partial charge in [-0.2, -0.15) is 0 Å². The van der Waals surface area contributed by atoms with Gasteiger partial charge in [0.15, 0.2) is 0 Å². The molecule has 3 heterocycles. The first kappa shape index (κ1) is 18.3. The van der Waals surface area contributed by atoms with Crippen LogP contribution in [0.1, 0.15) is 33.3 Å². The molecule has 4 aromatic rings. The number of amides is 1. The van der Waals surface area contributed by atoms with E-state index >= 15 is 0 Å². The van der Waals surface area contributed by atoms with E-state index in [4.69, 9.17) is 0 Å². The molecule has 0 spiro atoms. The fourth-order valence-corrected chi connectivity index (χ4v) is 4.09. The van der Waals surface area contributed by atoms with E-state index < -0.39 is 0 Å². The van der Waals surface area contributed by atoms with E-state index in [1.807, 2.05) is 55.5 Å². The predicted octanol–water partition coefficient (Wildman–Crippen LogP) is 2.89. The highest BCUT2D eigenvalue weighted by Gasteiger charge is 2.29. The van der Waals surface area contributed by atoms with Gasteiger partial charge in [0.2, 0.25) is 0 Å². The van der Waals surface area contributed by atoms with Crippen LogP contribution in [0.25, 0.3) is 16.7 Å². The standard InChI is InChI=1S/C23H21N5O2/c1-14-24-20-13-27(12-18(20)23(30)26(14)3)22(29)16-9-10-21-19(11-16)25-15(2)28(21)17-7-5-4-6-8-17/h4-11H,12-13H2,1-3H3. The van der Waals surface area contributed by atoms with Crippen LogP contribution in [0.4, 0.5) is 0 Å². The second-order valence-electron chi connectivity index (χ2n) is 7.64. The van der Waals surface area contributed by atoms with Gasteiger partial charge >= 0.3 is 0 Å². The molecule has 1 aliphatic heterocycles. The third-order valence-electron chi connectivity index (χ3n) is 5.75. The predicted molar refractivity (Wildman–Crippen MR) is 114 cm³/mol. The summed E-state index contributed by atoms with van der Waals surface area (Å²) in [5, 5.41) is 0. The Morgan fingerprint density at radius 3 is 2.50 bits per heavy atom. The fourth-order valence-electron chi connectivity index (χ4n) is 4.09. The Morgan fingerprint density at radius 1 is 0.967 bits per heavy atom. The van der Waals surface area contributed by atoms with Crippen molar-refractivity contribution in [2.75, 3.05) is 0 Å². The summed E-state index contributed by atoms with van der Waals surface area (Å²) in [5.74, 6) is 1.38. The maximum atomic E-state index is 13.2. The first-order chi connectivity index (χ1) is 14.4. The van der Waals surface area contributed by atoms with Crippen LogP contribution in [0.3, 0.4) is 0 Å². The van der Waals surface area contributed by atoms with Crippen molar-refractivity contribution in [3.05, 3.63) is 87.4 Å². The van der Waals surface area contributed by atoms with Gasteiger partial charge in [0.1, 0.15) is 11.6 Å². The first-order valence-electron chi connectivity index (χ1n) is 9.83. The SMILES string of the molecule is Cc1nc2c(c(=O)n1C)CN(C(=O)c1ccc3c(c1)nc(C)n3-c1ccccc1)C2. The molecule has 0 unspecified atom stereocenters. The number of carbonyl (C=O) groups excluding carboxylic acids is 1. The molecule has 1 aliphatic rings. The highest BCUT2D eigenvalue weighted by atomic mass is 16.2. The number of hydrogen-bond acceptors (Lipinski definition) is 4. The normalized spacial score (nSPS) is 13.1.